The average molecular weight is 271 g/mol. The quantitative estimate of drug-likeness (QED) is 0.747. The number of ether oxygens (including phenoxy) is 1. The zero-order valence-corrected chi connectivity index (χ0v) is 12.1. The molecule has 0 amide bonds. The predicted octanol–water partition coefficient (Wildman–Crippen LogP) is 1.90. The highest BCUT2D eigenvalue weighted by Gasteiger charge is 2.35. The number of hydrogen-bond acceptors (Lipinski definition) is 4. The van der Waals surface area contributed by atoms with Crippen molar-refractivity contribution in [1.29, 1.82) is 0 Å². The lowest BCUT2D eigenvalue weighted by Gasteiger charge is -2.36. The number of aliphatic carboxylic acids is 1. The molecule has 0 aromatic heterocycles. The van der Waals surface area contributed by atoms with Crippen molar-refractivity contribution in [3.63, 3.8) is 0 Å². The highest BCUT2D eigenvalue weighted by Crippen LogP contribution is 2.20. The van der Waals surface area contributed by atoms with E-state index in [9.17, 15) is 14.7 Å². The van der Waals surface area contributed by atoms with Gasteiger partial charge in [-0.1, -0.05) is 20.3 Å². The molecule has 1 aliphatic heterocycles. The normalized spacial score (nSPS) is 22.2. The fourth-order valence-corrected chi connectivity index (χ4v) is 2.33. The number of carboxylic acid groups (broad SMARTS) is 1. The molecule has 0 aromatic rings. The molecule has 0 aromatic carbocycles. The fraction of sp³-hybridized carbons (Fsp3) is 0.857. The minimum Gasteiger partial charge on any atom is -0.480 e. The van der Waals surface area contributed by atoms with Crippen molar-refractivity contribution in [2.45, 2.75) is 58.5 Å². The van der Waals surface area contributed by atoms with Crippen molar-refractivity contribution in [3.05, 3.63) is 0 Å². The molecule has 1 heterocycles. The van der Waals surface area contributed by atoms with Crippen LogP contribution in [0, 0.1) is 5.92 Å². The van der Waals surface area contributed by atoms with Crippen LogP contribution < -0.4 is 0 Å². The highest BCUT2D eigenvalue weighted by atomic mass is 16.5. The Morgan fingerprint density at radius 3 is 2.58 bits per heavy atom. The number of piperidine rings is 1. The summed E-state index contributed by atoms with van der Waals surface area (Å²) < 4.78 is 5.22. The van der Waals surface area contributed by atoms with Gasteiger partial charge in [-0.05, 0) is 38.6 Å². The summed E-state index contributed by atoms with van der Waals surface area (Å²) in [5.74, 6) is -0.666. The number of rotatable bonds is 6. The third-order valence-corrected chi connectivity index (χ3v) is 3.61. The Labute approximate surface area is 114 Å². The number of esters is 1. The standard InChI is InChI=1S/C14H25NO4/c1-10(2)7-9-19-14(18)11(3)15-8-5-4-6-12(15)13(16)17/h10-12H,4-9H2,1-3H3,(H,16,17). The maximum atomic E-state index is 11.9. The molecule has 5 heteroatoms. The Hall–Kier alpha value is -1.10. The molecule has 0 bridgehead atoms. The maximum Gasteiger partial charge on any atom is 0.323 e. The van der Waals surface area contributed by atoms with Gasteiger partial charge in [0.25, 0.3) is 0 Å². The van der Waals surface area contributed by atoms with Crippen LogP contribution in [-0.2, 0) is 14.3 Å². The minimum absolute atomic E-state index is 0.311. The molecule has 1 saturated heterocycles. The summed E-state index contributed by atoms with van der Waals surface area (Å²) in [4.78, 5) is 24.9. The van der Waals surface area contributed by atoms with E-state index in [0.29, 0.717) is 25.5 Å². The van der Waals surface area contributed by atoms with Crippen molar-refractivity contribution in [2.75, 3.05) is 13.2 Å². The lowest BCUT2D eigenvalue weighted by atomic mass is 10.0. The Morgan fingerprint density at radius 1 is 1.32 bits per heavy atom. The third-order valence-electron chi connectivity index (χ3n) is 3.61. The summed E-state index contributed by atoms with van der Waals surface area (Å²) in [5.41, 5.74) is 0. The summed E-state index contributed by atoms with van der Waals surface area (Å²) in [5, 5.41) is 9.19. The molecule has 1 rings (SSSR count). The van der Waals surface area contributed by atoms with Gasteiger partial charge in [0.15, 0.2) is 0 Å². The third kappa shape index (κ3) is 4.82. The Kier molecular flexibility index (Phi) is 6.28. The van der Waals surface area contributed by atoms with Crippen LogP contribution in [0.3, 0.4) is 0 Å². The first-order chi connectivity index (χ1) is 8.93. The second-order valence-corrected chi connectivity index (χ2v) is 5.61. The number of nitrogens with zero attached hydrogens (tertiary/aromatic N) is 1. The SMILES string of the molecule is CC(C)CCOC(=O)C(C)N1CCCCC1C(=O)O. The lowest BCUT2D eigenvalue weighted by Crippen LogP contribution is -2.52. The van der Waals surface area contributed by atoms with Crippen LogP contribution in [0.2, 0.25) is 0 Å². The first kappa shape index (κ1) is 16.0. The van der Waals surface area contributed by atoms with Gasteiger partial charge in [0.05, 0.1) is 6.61 Å². The van der Waals surface area contributed by atoms with E-state index in [4.69, 9.17) is 4.74 Å². The maximum absolute atomic E-state index is 11.9. The number of hydrogen-bond donors (Lipinski definition) is 1. The van der Waals surface area contributed by atoms with Gasteiger partial charge in [0, 0.05) is 0 Å². The second-order valence-electron chi connectivity index (χ2n) is 5.61. The van der Waals surface area contributed by atoms with Crippen LogP contribution in [0.1, 0.15) is 46.5 Å². The molecule has 0 saturated carbocycles. The van der Waals surface area contributed by atoms with Crippen LogP contribution in [0.25, 0.3) is 0 Å². The van der Waals surface area contributed by atoms with Crippen LogP contribution >= 0.6 is 0 Å². The summed E-state index contributed by atoms with van der Waals surface area (Å²) in [6.07, 6.45) is 3.29. The van der Waals surface area contributed by atoms with E-state index in [2.05, 4.69) is 13.8 Å². The zero-order valence-electron chi connectivity index (χ0n) is 12.1. The van der Waals surface area contributed by atoms with Crippen LogP contribution in [0.4, 0.5) is 0 Å². The van der Waals surface area contributed by atoms with Gasteiger partial charge in [-0.25, -0.2) is 0 Å². The smallest absolute Gasteiger partial charge is 0.323 e. The van der Waals surface area contributed by atoms with Gasteiger partial charge in [-0.15, -0.1) is 0 Å². The first-order valence-electron chi connectivity index (χ1n) is 7.08. The number of carboxylic acids is 1. The van der Waals surface area contributed by atoms with E-state index in [1.54, 1.807) is 11.8 Å². The van der Waals surface area contributed by atoms with E-state index in [1.807, 2.05) is 0 Å². The van der Waals surface area contributed by atoms with Gasteiger partial charge < -0.3 is 9.84 Å². The monoisotopic (exact) mass is 271 g/mol. The summed E-state index contributed by atoms with van der Waals surface area (Å²) in [6.45, 7) is 6.94. The summed E-state index contributed by atoms with van der Waals surface area (Å²) in [7, 11) is 0. The van der Waals surface area contributed by atoms with Crippen molar-refractivity contribution < 1.29 is 19.4 Å². The predicted molar refractivity (Wildman–Crippen MR) is 71.9 cm³/mol. The average Bonchev–Trinajstić information content (AvgIpc) is 2.37. The van der Waals surface area contributed by atoms with Crippen molar-refractivity contribution >= 4 is 11.9 Å². The topological polar surface area (TPSA) is 66.8 Å². The molecule has 1 N–H and O–H groups in total. The lowest BCUT2D eigenvalue weighted by molar-refractivity contribution is -0.155. The van der Waals surface area contributed by atoms with Crippen LogP contribution in [-0.4, -0.2) is 47.2 Å². The Morgan fingerprint density at radius 2 is 2.00 bits per heavy atom. The number of carbonyl (C=O) groups excluding carboxylic acids is 1. The molecule has 1 aliphatic rings. The Bertz CT molecular complexity index is 317. The molecule has 1 fully saturated rings. The summed E-state index contributed by atoms with van der Waals surface area (Å²) in [6, 6.07) is -1.03. The minimum atomic E-state index is -0.846. The second kappa shape index (κ2) is 7.48. The van der Waals surface area contributed by atoms with Gasteiger partial charge >= 0.3 is 11.9 Å². The van der Waals surface area contributed by atoms with Gasteiger partial charge in [-0.3, -0.25) is 14.5 Å². The molecule has 19 heavy (non-hydrogen) atoms. The van der Waals surface area contributed by atoms with Crippen molar-refractivity contribution in [3.8, 4) is 0 Å². The van der Waals surface area contributed by atoms with E-state index >= 15 is 0 Å². The molecule has 110 valence electrons. The van der Waals surface area contributed by atoms with Crippen LogP contribution in [0.5, 0.6) is 0 Å². The zero-order chi connectivity index (χ0) is 14.4. The molecule has 0 radical (unpaired) electrons. The van der Waals surface area contributed by atoms with Gasteiger partial charge in [-0.2, -0.15) is 0 Å². The molecule has 5 nitrogen and oxygen atoms in total. The highest BCUT2D eigenvalue weighted by molar-refractivity contribution is 5.78. The van der Waals surface area contributed by atoms with Gasteiger partial charge in [0.1, 0.15) is 12.1 Å². The van der Waals surface area contributed by atoms with E-state index in [-0.39, 0.29) is 5.97 Å². The van der Waals surface area contributed by atoms with Crippen molar-refractivity contribution in [1.82, 2.24) is 4.90 Å². The molecule has 2 unspecified atom stereocenters. The van der Waals surface area contributed by atoms with E-state index in [0.717, 1.165) is 19.3 Å². The fourth-order valence-electron chi connectivity index (χ4n) is 2.33. The molecular weight excluding hydrogens is 246 g/mol. The Balaban J connectivity index is 2.51. The van der Waals surface area contributed by atoms with Crippen LogP contribution in [0.15, 0.2) is 0 Å². The molecule has 0 spiro atoms. The number of likely N-dealkylation sites (tertiary alicyclic amines) is 1. The molecule has 2 atom stereocenters. The molecule has 0 aliphatic carbocycles. The van der Waals surface area contributed by atoms with E-state index < -0.39 is 18.1 Å². The number of carbonyl (C=O) groups is 2. The largest absolute Gasteiger partial charge is 0.480 e. The van der Waals surface area contributed by atoms with Gasteiger partial charge in [0.2, 0.25) is 0 Å². The first-order valence-corrected chi connectivity index (χ1v) is 7.08. The molecular formula is C14H25NO4. The van der Waals surface area contributed by atoms with E-state index in [1.165, 1.54) is 0 Å². The summed E-state index contributed by atoms with van der Waals surface area (Å²) >= 11 is 0. The van der Waals surface area contributed by atoms with Crippen molar-refractivity contribution in [2.24, 2.45) is 5.92 Å².